The van der Waals surface area contributed by atoms with Crippen LogP contribution in [0.3, 0.4) is 0 Å². The summed E-state index contributed by atoms with van der Waals surface area (Å²) in [5.41, 5.74) is 0.340. The van der Waals surface area contributed by atoms with Gasteiger partial charge in [-0.3, -0.25) is 14.4 Å². The maximum absolute atomic E-state index is 12.0. The molecular formula is C13H20N6O3S. The molecule has 0 amide bonds. The second-order valence-corrected chi connectivity index (χ2v) is 7.76. The van der Waals surface area contributed by atoms with Crippen LogP contribution < -0.4 is 10.3 Å². The van der Waals surface area contributed by atoms with Gasteiger partial charge in [0.1, 0.15) is 11.2 Å². The molecule has 126 valence electrons. The van der Waals surface area contributed by atoms with E-state index in [1.54, 1.807) is 11.7 Å². The summed E-state index contributed by atoms with van der Waals surface area (Å²) < 4.78 is 26.9. The molecule has 1 atom stereocenters. The van der Waals surface area contributed by atoms with Crippen LogP contribution in [-0.2, 0) is 23.6 Å². The average molecular weight is 340 g/mol. The third kappa shape index (κ3) is 3.77. The Morgan fingerprint density at radius 2 is 2.26 bits per heavy atom. The molecule has 0 spiro atoms. The Balaban J connectivity index is 1.76. The van der Waals surface area contributed by atoms with Gasteiger partial charge in [0.2, 0.25) is 10.0 Å². The van der Waals surface area contributed by atoms with Crippen LogP contribution in [0.25, 0.3) is 11.0 Å². The number of hydrogen-bond donors (Lipinski definition) is 2. The Bertz CT molecular complexity index is 871. The first-order chi connectivity index (χ1) is 10.8. The van der Waals surface area contributed by atoms with Gasteiger partial charge in [0.05, 0.1) is 19.0 Å². The maximum Gasteiger partial charge on any atom is 0.262 e. The largest absolute Gasteiger partial charge is 0.309 e. The third-order valence-corrected chi connectivity index (χ3v) is 4.67. The Labute approximate surface area is 133 Å². The molecule has 1 aliphatic heterocycles. The summed E-state index contributed by atoms with van der Waals surface area (Å²) in [6.45, 7) is 1.91. The molecule has 1 aliphatic rings. The maximum atomic E-state index is 12.0. The number of piperidine rings is 1. The minimum Gasteiger partial charge on any atom is -0.309 e. The molecule has 2 aromatic rings. The fourth-order valence-corrected chi connectivity index (χ4v) is 3.76. The van der Waals surface area contributed by atoms with E-state index in [-0.39, 0.29) is 11.6 Å². The second kappa shape index (κ2) is 6.02. The number of aromatic nitrogens is 4. The number of nitrogens with zero attached hydrogens (tertiary/aromatic N) is 4. The molecule has 9 nitrogen and oxygen atoms in total. The van der Waals surface area contributed by atoms with Gasteiger partial charge in [0.15, 0.2) is 5.65 Å². The molecule has 23 heavy (non-hydrogen) atoms. The highest BCUT2D eigenvalue weighted by molar-refractivity contribution is 7.88. The number of likely N-dealkylation sites (tertiary alicyclic amines) is 1. The van der Waals surface area contributed by atoms with Crippen molar-refractivity contribution in [1.82, 2.24) is 29.4 Å². The van der Waals surface area contributed by atoms with Crippen molar-refractivity contribution in [2.75, 3.05) is 19.3 Å². The van der Waals surface area contributed by atoms with Crippen LogP contribution in [0.4, 0.5) is 0 Å². The fourth-order valence-electron chi connectivity index (χ4n) is 2.96. The Morgan fingerprint density at radius 1 is 1.48 bits per heavy atom. The van der Waals surface area contributed by atoms with Crippen LogP contribution in [0.15, 0.2) is 11.0 Å². The predicted molar refractivity (Wildman–Crippen MR) is 85.4 cm³/mol. The van der Waals surface area contributed by atoms with Crippen molar-refractivity contribution in [3.05, 3.63) is 22.4 Å². The van der Waals surface area contributed by atoms with Crippen LogP contribution in [0, 0.1) is 0 Å². The van der Waals surface area contributed by atoms with Gasteiger partial charge in [0.25, 0.3) is 5.56 Å². The molecule has 3 heterocycles. The lowest BCUT2D eigenvalue weighted by Crippen LogP contribution is -2.47. The van der Waals surface area contributed by atoms with E-state index in [9.17, 15) is 13.2 Å². The van der Waals surface area contributed by atoms with Crippen LogP contribution in [0.2, 0.25) is 0 Å². The van der Waals surface area contributed by atoms with Crippen molar-refractivity contribution >= 4 is 21.1 Å². The molecule has 0 aliphatic carbocycles. The Hall–Kier alpha value is -1.78. The summed E-state index contributed by atoms with van der Waals surface area (Å²) in [4.78, 5) is 21.4. The summed E-state index contributed by atoms with van der Waals surface area (Å²) in [6.07, 6.45) is 4.37. The van der Waals surface area contributed by atoms with Crippen molar-refractivity contribution in [2.45, 2.75) is 25.4 Å². The van der Waals surface area contributed by atoms with E-state index < -0.39 is 10.0 Å². The van der Waals surface area contributed by atoms with Crippen molar-refractivity contribution < 1.29 is 8.42 Å². The smallest absolute Gasteiger partial charge is 0.262 e. The lowest BCUT2D eigenvalue weighted by molar-refractivity contribution is 0.190. The van der Waals surface area contributed by atoms with Crippen LogP contribution in [0.1, 0.15) is 18.7 Å². The van der Waals surface area contributed by atoms with Gasteiger partial charge in [-0.25, -0.2) is 18.1 Å². The lowest BCUT2D eigenvalue weighted by atomic mass is 10.1. The van der Waals surface area contributed by atoms with E-state index in [2.05, 4.69) is 24.7 Å². The predicted octanol–water partition coefficient (Wildman–Crippen LogP) is -0.830. The van der Waals surface area contributed by atoms with Crippen molar-refractivity contribution in [1.29, 1.82) is 0 Å². The number of nitrogens with one attached hydrogen (secondary N) is 2. The van der Waals surface area contributed by atoms with Gasteiger partial charge in [-0.2, -0.15) is 5.10 Å². The molecule has 2 N–H and O–H groups in total. The highest BCUT2D eigenvalue weighted by atomic mass is 32.2. The van der Waals surface area contributed by atoms with Gasteiger partial charge in [0, 0.05) is 19.6 Å². The molecule has 0 aromatic carbocycles. The lowest BCUT2D eigenvalue weighted by Gasteiger charge is -2.32. The standard InChI is InChI=1S/C13H20N6O3S/c1-18-12-10(6-14-18)13(20)16-11(15-12)8-19-5-3-4-9(7-19)17-23(2,21)22/h6,9,17H,3-5,7-8H2,1-2H3,(H,15,16,20). The molecule has 1 saturated heterocycles. The topological polar surface area (TPSA) is 113 Å². The molecule has 3 rings (SSSR count). The van der Waals surface area contributed by atoms with Crippen LogP contribution in [0.5, 0.6) is 0 Å². The first-order valence-corrected chi connectivity index (χ1v) is 9.31. The molecule has 0 saturated carbocycles. The average Bonchev–Trinajstić information content (AvgIpc) is 2.79. The molecule has 0 bridgehead atoms. The van der Waals surface area contributed by atoms with Crippen molar-refractivity contribution in [3.63, 3.8) is 0 Å². The number of hydrogen-bond acceptors (Lipinski definition) is 6. The fraction of sp³-hybridized carbons (Fsp3) is 0.615. The number of fused-ring (bicyclic) bond motifs is 1. The van der Waals surface area contributed by atoms with E-state index >= 15 is 0 Å². The van der Waals surface area contributed by atoms with Crippen molar-refractivity contribution in [2.24, 2.45) is 7.05 Å². The molecule has 1 fully saturated rings. The SMILES string of the molecule is Cn1ncc2c(=O)[nH]c(CN3CCCC(NS(C)(=O)=O)C3)nc21. The first-order valence-electron chi connectivity index (χ1n) is 7.42. The summed E-state index contributed by atoms with van der Waals surface area (Å²) in [6, 6.07) is -0.106. The quantitative estimate of drug-likeness (QED) is 0.751. The zero-order chi connectivity index (χ0) is 16.6. The normalized spacial score (nSPS) is 20.2. The number of rotatable bonds is 4. The molecule has 10 heteroatoms. The van der Waals surface area contributed by atoms with Gasteiger partial charge in [-0.05, 0) is 19.4 Å². The van der Waals surface area contributed by atoms with Crippen molar-refractivity contribution in [3.8, 4) is 0 Å². The van der Waals surface area contributed by atoms with Gasteiger partial charge in [-0.15, -0.1) is 0 Å². The van der Waals surface area contributed by atoms with E-state index in [0.29, 0.717) is 29.9 Å². The van der Waals surface area contributed by atoms with Gasteiger partial charge >= 0.3 is 0 Å². The van der Waals surface area contributed by atoms with Crippen LogP contribution >= 0.6 is 0 Å². The summed E-state index contributed by atoms with van der Waals surface area (Å²) in [5.74, 6) is 0.561. The number of aryl methyl sites for hydroxylation is 1. The highest BCUT2D eigenvalue weighted by Gasteiger charge is 2.23. The Morgan fingerprint density at radius 3 is 3.00 bits per heavy atom. The molecular weight excluding hydrogens is 320 g/mol. The minimum absolute atomic E-state index is 0.106. The minimum atomic E-state index is -3.22. The number of H-pyrrole nitrogens is 1. The zero-order valence-corrected chi connectivity index (χ0v) is 13.9. The Kier molecular flexibility index (Phi) is 4.21. The summed E-state index contributed by atoms with van der Waals surface area (Å²) in [5, 5.41) is 4.51. The molecule has 2 aromatic heterocycles. The first kappa shape index (κ1) is 16.1. The third-order valence-electron chi connectivity index (χ3n) is 3.91. The van der Waals surface area contributed by atoms with E-state index in [1.165, 1.54) is 12.5 Å². The summed E-state index contributed by atoms with van der Waals surface area (Å²) >= 11 is 0. The highest BCUT2D eigenvalue weighted by Crippen LogP contribution is 2.13. The zero-order valence-electron chi connectivity index (χ0n) is 13.1. The molecule has 1 unspecified atom stereocenters. The van der Waals surface area contributed by atoms with Crippen LogP contribution in [-0.4, -0.2) is 58.5 Å². The molecule has 0 radical (unpaired) electrons. The second-order valence-electron chi connectivity index (χ2n) is 5.98. The monoisotopic (exact) mass is 340 g/mol. The van der Waals surface area contributed by atoms with Gasteiger partial charge < -0.3 is 4.98 Å². The number of sulfonamides is 1. The van der Waals surface area contributed by atoms with E-state index in [4.69, 9.17) is 0 Å². The summed E-state index contributed by atoms with van der Waals surface area (Å²) in [7, 11) is -1.47. The van der Waals surface area contributed by atoms with E-state index in [0.717, 1.165) is 19.4 Å². The van der Waals surface area contributed by atoms with Gasteiger partial charge in [-0.1, -0.05) is 0 Å². The number of aromatic amines is 1. The van der Waals surface area contributed by atoms with E-state index in [1.807, 2.05) is 0 Å².